The van der Waals surface area contributed by atoms with Crippen molar-refractivity contribution in [2.24, 2.45) is 5.84 Å². The van der Waals surface area contributed by atoms with E-state index in [0.29, 0.717) is 0 Å². The van der Waals surface area contributed by atoms with Gasteiger partial charge in [0.2, 0.25) is 0 Å². The molecule has 0 saturated carbocycles. The Morgan fingerprint density at radius 2 is 1.89 bits per heavy atom. The van der Waals surface area contributed by atoms with E-state index < -0.39 is 0 Å². The highest BCUT2D eigenvalue weighted by atomic mass is 15.4. The lowest BCUT2D eigenvalue weighted by Crippen LogP contribution is -2.33. The van der Waals surface area contributed by atoms with Crippen molar-refractivity contribution >= 4 is 6.08 Å². The number of hydrogen-bond acceptors (Lipinski definition) is 4. The zero-order valence-corrected chi connectivity index (χ0v) is 10.1. The van der Waals surface area contributed by atoms with E-state index in [2.05, 4.69) is 0 Å². The first-order valence-electron chi connectivity index (χ1n) is 5.45. The van der Waals surface area contributed by atoms with Crippen molar-refractivity contribution in [1.29, 1.82) is 10.5 Å². The van der Waals surface area contributed by atoms with E-state index in [-0.39, 0.29) is 11.6 Å². The van der Waals surface area contributed by atoms with Gasteiger partial charge in [-0.25, -0.2) is 5.84 Å². The van der Waals surface area contributed by atoms with Crippen molar-refractivity contribution in [2.75, 3.05) is 0 Å². The molecule has 2 N–H and O–H groups in total. The van der Waals surface area contributed by atoms with Crippen molar-refractivity contribution in [3.05, 3.63) is 53.7 Å². The zero-order chi connectivity index (χ0) is 13.4. The van der Waals surface area contributed by atoms with Gasteiger partial charge in [-0.3, -0.25) is 0 Å². The number of rotatable bonds is 4. The van der Waals surface area contributed by atoms with Gasteiger partial charge in [0.25, 0.3) is 0 Å². The van der Waals surface area contributed by atoms with Crippen LogP contribution in [0.25, 0.3) is 6.08 Å². The van der Waals surface area contributed by atoms with Gasteiger partial charge in [0.05, 0.1) is 6.04 Å². The summed E-state index contributed by atoms with van der Waals surface area (Å²) >= 11 is 0. The fraction of sp³-hybridized carbons (Fsp3) is 0.143. The van der Waals surface area contributed by atoms with Crippen molar-refractivity contribution in [1.82, 2.24) is 5.01 Å². The number of hydrazine groups is 1. The van der Waals surface area contributed by atoms with E-state index in [1.165, 1.54) is 11.2 Å². The predicted molar refractivity (Wildman–Crippen MR) is 70.3 cm³/mol. The monoisotopic (exact) mass is 238 g/mol. The highest BCUT2D eigenvalue weighted by Crippen LogP contribution is 2.05. The van der Waals surface area contributed by atoms with Crippen LogP contribution in [0.5, 0.6) is 0 Å². The molecule has 0 radical (unpaired) electrons. The summed E-state index contributed by atoms with van der Waals surface area (Å²) in [6.45, 7) is 1.88. The second kappa shape index (κ2) is 6.90. The molecule has 1 rings (SSSR count). The highest BCUT2D eigenvalue weighted by molar-refractivity contribution is 5.49. The van der Waals surface area contributed by atoms with Crippen LogP contribution in [0.3, 0.4) is 0 Å². The Labute approximate surface area is 107 Å². The Kier molecular flexibility index (Phi) is 5.18. The molecule has 0 aliphatic carbocycles. The summed E-state index contributed by atoms with van der Waals surface area (Å²) < 4.78 is 0. The molecule has 4 nitrogen and oxygen atoms in total. The molecular formula is C14H14N4. The maximum atomic E-state index is 8.62. The van der Waals surface area contributed by atoms with Gasteiger partial charge in [-0.2, -0.15) is 10.5 Å². The molecule has 1 aromatic rings. The molecule has 1 atom stereocenters. The topological polar surface area (TPSA) is 76.8 Å². The van der Waals surface area contributed by atoms with E-state index in [1.807, 2.05) is 49.4 Å². The molecule has 18 heavy (non-hydrogen) atoms. The lowest BCUT2D eigenvalue weighted by Gasteiger charge is -2.18. The highest BCUT2D eigenvalue weighted by Gasteiger charge is 2.03. The van der Waals surface area contributed by atoms with Gasteiger partial charge in [-0.05, 0) is 12.5 Å². The normalized spacial score (nSPS) is 11.3. The fourth-order valence-electron chi connectivity index (χ4n) is 1.26. The predicted octanol–water partition coefficient (Wildman–Crippen LogP) is 2.20. The Morgan fingerprint density at radius 1 is 1.28 bits per heavy atom. The summed E-state index contributed by atoms with van der Waals surface area (Å²) in [5, 5.41) is 18.6. The minimum Gasteiger partial charge on any atom is -0.310 e. The number of hydrogen-bond donors (Lipinski definition) is 1. The summed E-state index contributed by atoms with van der Waals surface area (Å²) in [5.41, 5.74) is 1.06. The van der Waals surface area contributed by atoms with Crippen molar-refractivity contribution in [3.8, 4) is 12.1 Å². The Hall–Kier alpha value is -2.56. The van der Waals surface area contributed by atoms with E-state index >= 15 is 0 Å². The average molecular weight is 238 g/mol. The van der Waals surface area contributed by atoms with Crippen LogP contribution in [0.15, 0.2) is 48.2 Å². The van der Waals surface area contributed by atoms with Crippen molar-refractivity contribution < 1.29 is 0 Å². The molecule has 1 aromatic carbocycles. The minimum absolute atomic E-state index is 0.0162. The summed E-state index contributed by atoms with van der Waals surface area (Å²) in [5.74, 6) is 5.74. The molecular weight excluding hydrogens is 224 g/mol. The number of nitrogens with two attached hydrogens (primary N) is 1. The SMILES string of the molecule is CC(/C=C/c1ccccc1)N(N)C=C(C#N)C#N. The molecule has 0 bridgehead atoms. The number of allylic oxidation sites excluding steroid dienone is 1. The smallest absolute Gasteiger partial charge is 0.146 e. The molecule has 90 valence electrons. The number of nitriles is 2. The lowest BCUT2D eigenvalue weighted by atomic mass is 10.2. The van der Waals surface area contributed by atoms with Crippen molar-refractivity contribution in [3.63, 3.8) is 0 Å². The van der Waals surface area contributed by atoms with Crippen LogP contribution in [-0.4, -0.2) is 11.1 Å². The zero-order valence-electron chi connectivity index (χ0n) is 10.1. The van der Waals surface area contributed by atoms with Crippen LogP contribution in [-0.2, 0) is 0 Å². The standard InChI is InChI=1S/C14H14N4/c1-12(18(17)11-14(9-15)10-16)7-8-13-5-3-2-4-6-13/h2-8,11-12H,17H2,1H3/b8-7+. The molecule has 0 saturated heterocycles. The maximum absolute atomic E-state index is 8.62. The third-order valence-corrected chi connectivity index (χ3v) is 2.36. The second-order valence-corrected chi connectivity index (χ2v) is 3.72. The molecule has 0 heterocycles. The summed E-state index contributed by atoms with van der Waals surface area (Å²) in [6, 6.07) is 13.2. The Morgan fingerprint density at radius 3 is 2.44 bits per heavy atom. The van der Waals surface area contributed by atoms with Crippen molar-refractivity contribution in [2.45, 2.75) is 13.0 Å². The second-order valence-electron chi connectivity index (χ2n) is 3.72. The van der Waals surface area contributed by atoms with Crippen LogP contribution in [0.4, 0.5) is 0 Å². The largest absolute Gasteiger partial charge is 0.310 e. The van der Waals surface area contributed by atoms with Crippen LogP contribution in [0.2, 0.25) is 0 Å². The van der Waals surface area contributed by atoms with Crippen LogP contribution in [0.1, 0.15) is 12.5 Å². The molecule has 0 aliphatic rings. The van der Waals surface area contributed by atoms with Crippen LogP contribution < -0.4 is 5.84 Å². The van der Waals surface area contributed by atoms with Gasteiger partial charge in [0.15, 0.2) is 0 Å². The van der Waals surface area contributed by atoms with Crippen LogP contribution in [0, 0.1) is 22.7 Å². The Balaban J connectivity index is 2.70. The van der Waals surface area contributed by atoms with Gasteiger partial charge in [0.1, 0.15) is 17.7 Å². The van der Waals surface area contributed by atoms with Gasteiger partial charge in [-0.1, -0.05) is 42.5 Å². The molecule has 0 amide bonds. The maximum Gasteiger partial charge on any atom is 0.146 e. The molecule has 4 heteroatoms. The van der Waals surface area contributed by atoms with E-state index in [1.54, 1.807) is 12.1 Å². The molecule has 1 unspecified atom stereocenters. The summed E-state index contributed by atoms with van der Waals surface area (Å²) in [4.78, 5) is 0. The molecule has 0 spiro atoms. The number of nitrogens with zero attached hydrogens (tertiary/aromatic N) is 3. The Bertz CT molecular complexity index is 501. The van der Waals surface area contributed by atoms with E-state index in [9.17, 15) is 0 Å². The summed E-state index contributed by atoms with van der Waals surface area (Å²) in [6.07, 6.45) is 5.18. The fourth-order valence-corrected chi connectivity index (χ4v) is 1.26. The average Bonchev–Trinajstić information content (AvgIpc) is 2.42. The number of benzene rings is 1. The van der Waals surface area contributed by atoms with Crippen LogP contribution >= 0.6 is 0 Å². The third kappa shape index (κ3) is 4.13. The van der Waals surface area contributed by atoms with E-state index in [4.69, 9.17) is 16.4 Å². The minimum atomic E-state index is -0.109. The lowest BCUT2D eigenvalue weighted by molar-refractivity contribution is 0.350. The van der Waals surface area contributed by atoms with E-state index in [0.717, 1.165) is 5.56 Å². The van der Waals surface area contributed by atoms with Gasteiger partial charge in [0, 0.05) is 6.20 Å². The first kappa shape index (κ1) is 13.5. The molecule has 0 aliphatic heterocycles. The molecule has 0 fully saturated rings. The molecule has 0 aromatic heterocycles. The van der Waals surface area contributed by atoms with Gasteiger partial charge in [-0.15, -0.1) is 0 Å². The van der Waals surface area contributed by atoms with Gasteiger partial charge < -0.3 is 5.01 Å². The first-order valence-corrected chi connectivity index (χ1v) is 5.45. The first-order chi connectivity index (χ1) is 8.67. The third-order valence-electron chi connectivity index (χ3n) is 2.36. The summed E-state index contributed by atoms with van der Waals surface area (Å²) in [7, 11) is 0. The van der Waals surface area contributed by atoms with Gasteiger partial charge >= 0.3 is 0 Å². The quantitative estimate of drug-likeness (QED) is 0.495.